The first-order valence-electron chi connectivity index (χ1n) is 7.05. The third-order valence-electron chi connectivity index (χ3n) is 4.60. The number of piperidine rings is 1. The van der Waals surface area contributed by atoms with Gasteiger partial charge in [-0.1, -0.05) is 23.2 Å². The number of hydrogen-bond acceptors (Lipinski definition) is 2. The first-order valence-corrected chi connectivity index (χ1v) is 7.80. The van der Waals surface area contributed by atoms with Crippen molar-refractivity contribution < 1.29 is 4.79 Å². The SMILES string of the molecule is Cl.O=C(c1ccc(Cl)cc1Cl)N1CCC2(CCNC2)CC1. The number of benzene rings is 1. The molecule has 0 bridgehead atoms. The summed E-state index contributed by atoms with van der Waals surface area (Å²) in [6.07, 6.45) is 3.39. The quantitative estimate of drug-likeness (QED) is 0.839. The normalized spacial score (nSPS) is 20.4. The van der Waals surface area contributed by atoms with Gasteiger partial charge in [-0.15, -0.1) is 12.4 Å². The lowest BCUT2D eigenvalue weighted by atomic mass is 9.78. The average molecular weight is 350 g/mol. The van der Waals surface area contributed by atoms with Crippen LogP contribution < -0.4 is 5.32 Å². The summed E-state index contributed by atoms with van der Waals surface area (Å²) in [6.45, 7) is 3.84. The molecule has 3 nitrogen and oxygen atoms in total. The van der Waals surface area contributed by atoms with Crippen LogP contribution in [0.1, 0.15) is 29.6 Å². The predicted octanol–water partition coefficient (Wildman–Crippen LogP) is 3.63. The number of carbonyl (C=O) groups is 1. The molecule has 2 heterocycles. The maximum atomic E-state index is 12.5. The van der Waals surface area contributed by atoms with Crippen LogP contribution in [0.5, 0.6) is 0 Å². The van der Waals surface area contributed by atoms with E-state index in [1.54, 1.807) is 18.2 Å². The van der Waals surface area contributed by atoms with Crippen LogP contribution in [-0.2, 0) is 0 Å². The Bertz CT molecular complexity index is 520. The summed E-state index contributed by atoms with van der Waals surface area (Å²) in [5.41, 5.74) is 0.970. The van der Waals surface area contributed by atoms with Crippen molar-refractivity contribution in [1.82, 2.24) is 10.2 Å². The third kappa shape index (κ3) is 3.48. The Kier molecular flexibility index (Phi) is 5.42. The van der Waals surface area contributed by atoms with E-state index in [9.17, 15) is 4.79 Å². The van der Waals surface area contributed by atoms with Gasteiger partial charge in [0.25, 0.3) is 5.91 Å². The molecule has 0 aliphatic carbocycles. The van der Waals surface area contributed by atoms with Gasteiger partial charge in [-0.2, -0.15) is 0 Å². The van der Waals surface area contributed by atoms with Crippen LogP contribution in [0.2, 0.25) is 10.0 Å². The van der Waals surface area contributed by atoms with Gasteiger partial charge in [0.2, 0.25) is 0 Å². The number of halogens is 3. The van der Waals surface area contributed by atoms with Crippen molar-refractivity contribution in [1.29, 1.82) is 0 Å². The minimum atomic E-state index is 0. The maximum Gasteiger partial charge on any atom is 0.255 e. The van der Waals surface area contributed by atoms with Crippen LogP contribution in [0.4, 0.5) is 0 Å². The highest BCUT2D eigenvalue weighted by Crippen LogP contribution is 2.37. The molecular formula is C15H19Cl3N2O. The van der Waals surface area contributed by atoms with E-state index in [1.165, 1.54) is 6.42 Å². The lowest BCUT2D eigenvalue weighted by molar-refractivity contribution is 0.0608. The van der Waals surface area contributed by atoms with Gasteiger partial charge in [0.15, 0.2) is 0 Å². The zero-order chi connectivity index (χ0) is 14.2. The van der Waals surface area contributed by atoms with E-state index in [2.05, 4.69) is 5.32 Å². The van der Waals surface area contributed by atoms with Gasteiger partial charge in [-0.25, -0.2) is 0 Å². The van der Waals surface area contributed by atoms with Crippen molar-refractivity contribution in [3.05, 3.63) is 33.8 Å². The summed E-state index contributed by atoms with van der Waals surface area (Å²) >= 11 is 12.0. The van der Waals surface area contributed by atoms with Gasteiger partial charge in [0.1, 0.15) is 0 Å². The van der Waals surface area contributed by atoms with E-state index in [1.807, 2.05) is 4.90 Å². The fourth-order valence-electron chi connectivity index (χ4n) is 3.24. The lowest BCUT2D eigenvalue weighted by Crippen LogP contribution is -2.44. The Morgan fingerprint density at radius 2 is 1.90 bits per heavy atom. The molecule has 1 aromatic carbocycles. The molecule has 2 aliphatic heterocycles. The molecule has 0 saturated carbocycles. The molecule has 2 saturated heterocycles. The summed E-state index contributed by atoms with van der Waals surface area (Å²) in [6, 6.07) is 5.06. The number of nitrogens with zero attached hydrogens (tertiary/aromatic N) is 1. The van der Waals surface area contributed by atoms with Gasteiger partial charge in [0.05, 0.1) is 10.6 Å². The van der Waals surface area contributed by atoms with Gasteiger partial charge in [-0.05, 0) is 49.4 Å². The van der Waals surface area contributed by atoms with Gasteiger partial charge >= 0.3 is 0 Å². The summed E-state index contributed by atoms with van der Waals surface area (Å²) in [4.78, 5) is 14.4. The standard InChI is InChI=1S/C15H18Cl2N2O.ClH/c16-11-1-2-12(13(17)9-11)14(20)19-7-4-15(5-8-19)3-6-18-10-15;/h1-2,9,18H,3-8,10H2;1H. The molecule has 1 N–H and O–H groups in total. The predicted molar refractivity (Wildman–Crippen MR) is 88.8 cm³/mol. The zero-order valence-electron chi connectivity index (χ0n) is 11.7. The molecule has 116 valence electrons. The van der Waals surface area contributed by atoms with Crippen LogP contribution in [-0.4, -0.2) is 37.0 Å². The molecular weight excluding hydrogens is 331 g/mol. The first kappa shape index (κ1) is 16.9. The molecule has 0 atom stereocenters. The molecule has 6 heteroatoms. The van der Waals surface area contributed by atoms with Crippen LogP contribution in [0, 0.1) is 5.41 Å². The minimum Gasteiger partial charge on any atom is -0.339 e. The van der Waals surface area contributed by atoms with Crippen molar-refractivity contribution in [3.8, 4) is 0 Å². The van der Waals surface area contributed by atoms with Crippen molar-refractivity contribution in [3.63, 3.8) is 0 Å². The molecule has 0 unspecified atom stereocenters. The number of likely N-dealkylation sites (tertiary alicyclic amines) is 1. The largest absolute Gasteiger partial charge is 0.339 e. The molecule has 1 amide bonds. The molecule has 0 radical (unpaired) electrons. The molecule has 2 aliphatic rings. The average Bonchev–Trinajstić information content (AvgIpc) is 2.87. The van der Waals surface area contributed by atoms with E-state index in [0.29, 0.717) is 21.0 Å². The highest BCUT2D eigenvalue weighted by atomic mass is 35.5. The van der Waals surface area contributed by atoms with Crippen molar-refractivity contribution in [2.75, 3.05) is 26.2 Å². The smallest absolute Gasteiger partial charge is 0.255 e. The van der Waals surface area contributed by atoms with Gasteiger partial charge in [0, 0.05) is 24.7 Å². The monoisotopic (exact) mass is 348 g/mol. The second kappa shape index (κ2) is 6.74. The van der Waals surface area contributed by atoms with Crippen LogP contribution >= 0.6 is 35.6 Å². The highest BCUT2D eigenvalue weighted by molar-refractivity contribution is 6.36. The second-order valence-corrected chi connectivity index (χ2v) is 6.69. The molecule has 1 aromatic rings. The Balaban J connectivity index is 0.00000161. The van der Waals surface area contributed by atoms with Crippen LogP contribution in [0.25, 0.3) is 0 Å². The van der Waals surface area contributed by atoms with E-state index in [4.69, 9.17) is 23.2 Å². The van der Waals surface area contributed by atoms with E-state index in [0.717, 1.165) is 39.0 Å². The van der Waals surface area contributed by atoms with E-state index < -0.39 is 0 Å². The summed E-state index contributed by atoms with van der Waals surface area (Å²) in [5.74, 6) is 0.0208. The summed E-state index contributed by atoms with van der Waals surface area (Å²) in [7, 11) is 0. The number of amides is 1. The first-order chi connectivity index (χ1) is 9.60. The lowest BCUT2D eigenvalue weighted by Gasteiger charge is -2.39. The Hall–Kier alpha value is -0.480. The molecule has 3 rings (SSSR count). The third-order valence-corrected chi connectivity index (χ3v) is 5.15. The summed E-state index contributed by atoms with van der Waals surface area (Å²) in [5, 5.41) is 4.43. The number of carbonyl (C=O) groups excluding carboxylic acids is 1. The van der Waals surface area contributed by atoms with E-state index >= 15 is 0 Å². The van der Waals surface area contributed by atoms with Gasteiger partial charge in [-0.3, -0.25) is 4.79 Å². The van der Waals surface area contributed by atoms with Gasteiger partial charge < -0.3 is 10.2 Å². The molecule has 21 heavy (non-hydrogen) atoms. The fourth-order valence-corrected chi connectivity index (χ4v) is 3.73. The highest BCUT2D eigenvalue weighted by Gasteiger charge is 2.38. The fraction of sp³-hybridized carbons (Fsp3) is 0.533. The van der Waals surface area contributed by atoms with E-state index in [-0.39, 0.29) is 18.3 Å². The van der Waals surface area contributed by atoms with Crippen molar-refractivity contribution >= 4 is 41.5 Å². The minimum absolute atomic E-state index is 0. The summed E-state index contributed by atoms with van der Waals surface area (Å²) < 4.78 is 0. The van der Waals surface area contributed by atoms with Crippen LogP contribution in [0.3, 0.4) is 0 Å². The maximum absolute atomic E-state index is 12.5. The van der Waals surface area contributed by atoms with Crippen molar-refractivity contribution in [2.45, 2.75) is 19.3 Å². The number of hydrogen-bond donors (Lipinski definition) is 1. The van der Waals surface area contributed by atoms with Crippen LogP contribution in [0.15, 0.2) is 18.2 Å². The number of nitrogens with one attached hydrogen (secondary N) is 1. The topological polar surface area (TPSA) is 32.3 Å². The second-order valence-electron chi connectivity index (χ2n) is 5.84. The Labute approximate surface area is 141 Å². The Morgan fingerprint density at radius 1 is 1.19 bits per heavy atom. The van der Waals surface area contributed by atoms with Crippen molar-refractivity contribution in [2.24, 2.45) is 5.41 Å². The molecule has 0 aromatic heterocycles. The molecule has 1 spiro atoms. The Morgan fingerprint density at radius 3 is 2.48 bits per heavy atom. The number of rotatable bonds is 1. The molecule has 2 fully saturated rings. The zero-order valence-corrected chi connectivity index (χ0v) is 14.0.